The van der Waals surface area contributed by atoms with E-state index in [0.717, 1.165) is 37.4 Å². The van der Waals surface area contributed by atoms with Gasteiger partial charge in [-0.15, -0.1) is 0 Å². The van der Waals surface area contributed by atoms with Gasteiger partial charge in [-0.1, -0.05) is 38.1 Å². The predicted molar refractivity (Wildman–Crippen MR) is 96.8 cm³/mol. The first-order valence-corrected chi connectivity index (χ1v) is 8.65. The Hall–Kier alpha value is -2.29. The number of ether oxygens (including phenoxy) is 1. The van der Waals surface area contributed by atoms with Crippen molar-refractivity contribution in [3.63, 3.8) is 0 Å². The molecule has 24 heavy (non-hydrogen) atoms. The van der Waals surface area contributed by atoms with E-state index in [9.17, 15) is 4.79 Å². The third kappa shape index (κ3) is 3.45. The highest BCUT2D eigenvalue weighted by atomic mass is 16.5. The Kier molecular flexibility index (Phi) is 4.89. The summed E-state index contributed by atoms with van der Waals surface area (Å²) in [4.78, 5) is 12.8. The summed E-state index contributed by atoms with van der Waals surface area (Å²) in [6, 6.07) is 14.5. The molecule has 1 unspecified atom stereocenters. The Bertz CT molecular complexity index is 724. The summed E-state index contributed by atoms with van der Waals surface area (Å²) in [7, 11) is 0. The topological polar surface area (TPSA) is 29.5 Å². The standard InChI is InChI=1S/C21H25NO2/c1-15(2)19-6-4-5-7-21(19)24-18-8-9-20(16(3)12-18)17-10-11-22(13-17)14-23/h4-9,12,14-15,17H,10-11,13H2,1-3H3. The van der Waals surface area contributed by atoms with Gasteiger partial charge in [-0.05, 0) is 54.2 Å². The molecule has 1 heterocycles. The van der Waals surface area contributed by atoms with E-state index in [4.69, 9.17) is 4.74 Å². The zero-order valence-corrected chi connectivity index (χ0v) is 14.7. The lowest BCUT2D eigenvalue weighted by molar-refractivity contribution is -0.117. The second-order valence-electron chi connectivity index (χ2n) is 6.90. The second kappa shape index (κ2) is 7.08. The fraction of sp³-hybridized carbons (Fsp3) is 0.381. The van der Waals surface area contributed by atoms with Gasteiger partial charge in [-0.3, -0.25) is 4.79 Å². The first kappa shape index (κ1) is 16.6. The highest BCUT2D eigenvalue weighted by molar-refractivity contribution is 5.49. The molecule has 0 radical (unpaired) electrons. The lowest BCUT2D eigenvalue weighted by Gasteiger charge is -2.17. The number of aryl methyl sites for hydroxylation is 1. The van der Waals surface area contributed by atoms with Gasteiger partial charge in [-0.25, -0.2) is 0 Å². The SMILES string of the molecule is Cc1cc(Oc2ccccc2C(C)C)ccc1C1CCN(C=O)C1. The molecule has 1 atom stereocenters. The van der Waals surface area contributed by atoms with Crippen LogP contribution in [0.4, 0.5) is 0 Å². The molecule has 2 aromatic rings. The van der Waals surface area contributed by atoms with Crippen LogP contribution in [0.5, 0.6) is 11.5 Å². The van der Waals surface area contributed by atoms with Crippen molar-refractivity contribution in [2.24, 2.45) is 0 Å². The number of para-hydroxylation sites is 1. The van der Waals surface area contributed by atoms with Gasteiger partial charge in [0, 0.05) is 19.0 Å². The Morgan fingerprint density at radius 3 is 2.67 bits per heavy atom. The number of hydrogen-bond acceptors (Lipinski definition) is 2. The van der Waals surface area contributed by atoms with Crippen LogP contribution in [0.25, 0.3) is 0 Å². The Morgan fingerprint density at radius 1 is 1.21 bits per heavy atom. The molecule has 126 valence electrons. The van der Waals surface area contributed by atoms with Gasteiger partial charge < -0.3 is 9.64 Å². The quantitative estimate of drug-likeness (QED) is 0.736. The van der Waals surface area contributed by atoms with Crippen molar-refractivity contribution in [3.05, 3.63) is 59.2 Å². The molecule has 3 nitrogen and oxygen atoms in total. The van der Waals surface area contributed by atoms with Crippen LogP contribution in [-0.4, -0.2) is 24.4 Å². The number of likely N-dealkylation sites (tertiary alicyclic amines) is 1. The maximum absolute atomic E-state index is 10.9. The van der Waals surface area contributed by atoms with Crippen LogP contribution in [0.3, 0.4) is 0 Å². The van der Waals surface area contributed by atoms with Crippen molar-refractivity contribution in [1.82, 2.24) is 4.90 Å². The lowest BCUT2D eigenvalue weighted by atomic mass is 9.94. The third-order valence-electron chi connectivity index (χ3n) is 4.82. The number of carbonyl (C=O) groups is 1. The Labute approximate surface area is 144 Å². The van der Waals surface area contributed by atoms with E-state index in [1.807, 2.05) is 23.1 Å². The van der Waals surface area contributed by atoms with Gasteiger partial charge in [-0.2, -0.15) is 0 Å². The van der Waals surface area contributed by atoms with Gasteiger partial charge in [0.25, 0.3) is 0 Å². The maximum Gasteiger partial charge on any atom is 0.209 e. The molecule has 1 aliphatic rings. The fourth-order valence-corrected chi connectivity index (χ4v) is 3.48. The third-order valence-corrected chi connectivity index (χ3v) is 4.82. The summed E-state index contributed by atoms with van der Waals surface area (Å²) < 4.78 is 6.14. The lowest BCUT2D eigenvalue weighted by Crippen LogP contribution is -2.17. The van der Waals surface area contributed by atoms with Crippen LogP contribution in [0.2, 0.25) is 0 Å². The van der Waals surface area contributed by atoms with E-state index in [2.05, 4.69) is 45.0 Å². The first-order chi connectivity index (χ1) is 11.6. The summed E-state index contributed by atoms with van der Waals surface area (Å²) >= 11 is 0. The molecule has 1 amide bonds. The average molecular weight is 323 g/mol. The van der Waals surface area contributed by atoms with E-state index < -0.39 is 0 Å². The summed E-state index contributed by atoms with van der Waals surface area (Å²) in [5.41, 5.74) is 3.77. The highest BCUT2D eigenvalue weighted by Crippen LogP contribution is 2.34. The van der Waals surface area contributed by atoms with Crippen molar-refractivity contribution in [2.45, 2.75) is 39.0 Å². The normalized spacial score (nSPS) is 17.3. The number of nitrogens with zero attached hydrogens (tertiary/aromatic N) is 1. The molecule has 0 spiro atoms. The fourth-order valence-electron chi connectivity index (χ4n) is 3.48. The molecule has 2 aromatic carbocycles. The molecule has 1 aliphatic heterocycles. The second-order valence-corrected chi connectivity index (χ2v) is 6.90. The molecule has 0 aliphatic carbocycles. The molecule has 0 N–H and O–H groups in total. The Balaban J connectivity index is 1.80. The van der Waals surface area contributed by atoms with Gasteiger partial charge in [0.15, 0.2) is 0 Å². The number of carbonyl (C=O) groups excluding carboxylic acids is 1. The van der Waals surface area contributed by atoms with Crippen molar-refractivity contribution < 1.29 is 9.53 Å². The van der Waals surface area contributed by atoms with Gasteiger partial charge in [0.1, 0.15) is 11.5 Å². The van der Waals surface area contributed by atoms with Crippen molar-refractivity contribution in [2.75, 3.05) is 13.1 Å². The molecule has 0 bridgehead atoms. The minimum absolute atomic E-state index is 0.425. The van der Waals surface area contributed by atoms with Crippen molar-refractivity contribution in [3.8, 4) is 11.5 Å². The van der Waals surface area contributed by atoms with Crippen LogP contribution >= 0.6 is 0 Å². The molecule has 3 rings (SSSR count). The van der Waals surface area contributed by atoms with Gasteiger partial charge in [0.05, 0.1) is 0 Å². The Morgan fingerprint density at radius 2 is 2.00 bits per heavy atom. The largest absolute Gasteiger partial charge is 0.457 e. The smallest absolute Gasteiger partial charge is 0.209 e. The summed E-state index contributed by atoms with van der Waals surface area (Å²) in [5, 5.41) is 0. The molecular formula is C21H25NO2. The molecule has 0 aromatic heterocycles. The van der Waals surface area contributed by atoms with Crippen molar-refractivity contribution >= 4 is 6.41 Å². The summed E-state index contributed by atoms with van der Waals surface area (Å²) in [6.45, 7) is 8.15. The van der Waals surface area contributed by atoms with Crippen LogP contribution < -0.4 is 4.74 Å². The molecule has 0 saturated carbocycles. The molecular weight excluding hydrogens is 298 g/mol. The highest BCUT2D eigenvalue weighted by Gasteiger charge is 2.24. The van der Waals surface area contributed by atoms with Crippen molar-refractivity contribution in [1.29, 1.82) is 0 Å². The monoisotopic (exact) mass is 323 g/mol. The average Bonchev–Trinajstić information content (AvgIpc) is 3.04. The summed E-state index contributed by atoms with van der Waals surface area (Å²) in [5.74, 6) is 2.66. The number of amides is 1. The zero-order valence-electron chi connectivity index (χ0n) is 14.7. The number of rotatable bonds is 5. The van der Waals surface area contributed by atoms with Crippen LogP contribution in [0, 0.1) is 6.92 Å². The molecule has 1 saturated heterocycles. The van der Waals surface area contributed by atoms with Crippen LogP contribution in [-0.2, 0) is 4.79 Å². The van der Waals surface area contributed by atoms with Crippen LogP contribution in [0.15, 0.2) is 42.5 Å². The zero-order chi connectivity index (χ0) is 17.1. The minimum atomic E-state index is 0.425. The molecule has 1 fully saturated rings. The minimum Gasteiger partial charge on any atom is -0.457 e. The van der Waals surface area contributed by atoms with Crippen LogP contribution in [0.1, 0.15) is 48.8 Å². The van der Waals surface area contributed by atoms with E-state index >= 15 is 0 Å². The van der Waals surface area contributed by atoms with E-state index in [0.29, 0.717) is 11.8 Å². The van der Waals surface area contributed by atoms with Gasteiger partial charge in [0.2, 0.25) is 6.41 Å². The van der Waals surface area contributed by atoms with E-state index in [1.165, 1.54) is 16.7 Å². The number of benzene rings is 2. The summed E-state index contributed by atoms with van der Waals surface area (Å²) in [6.07, 6.45) is 1.99. The number of hydrogen-bond donors (Lipinski definition) is 0. The predicted octanol–water partition coefficient (Wildman–Crippen LogP) is 4.86. The van der Waals surface area contributed by atoms with E-state index in [1.54, 1.807) is 0 Å². The molecule has 3 heteroatoms. The van der Waals surface area contributed by atoms with Gasteiger partial charge >= 0.3 is 0 Å². The first-order valence-electron chi connectivity index (χ1n) is 8.65. The van der Waals surface area contributed by atoms with E-state index in [-0.39, 0.29) is 0 Å². The maximum atomic E-state index is 10.9.